The smallest absolute Gasteiger partial charge is 0.251 e. The van der Waals surface area contributed by atoms with Crippen molar-refractivity contribution in [1.29, 1.82) is 0 Å². The van der Waals surface area contributed by atoms with Gasteiger partial charge in [0.1, 0.15) is 0 Å². The summed E-state index contributed by atoms with van der Waals surface area (Å²) in [5.74, 6) is -0.276. The average molecular weight is 429 g/mol. The summed E-state index contributed by atoms with van der Waals surface area (Å²) in [6.07, 6.45) is 3.40. The summed E-state index contributed by atoms with van der Waals surface area (Å²) in [5, 5.41) is 3.01. The maximum atomic E-state index is 13.1. The second kappa shape index (κ2) is 8.49. The fourth-order valence-electron chi connectivity index (χ4n) is 4.17. The molecule has 2 aliphatic rings. The lowest BCUT2D eigenvalue weighted by molar-refractivity contribution is 0.0730. The van der Waals surface area contributed by atoms with Gasteiger partial charge in [-0.05, 0) is 67.5 Å². The maximum absolute atomic E-state index is 13.1. The zero-order valence-electron chi connectivity index (χ0n) is 17.5. The highest BCUT2D eigenvalue weighted by Gasteiger charge is 2.28. The van der Waals surface area contributed by atoms with Crippen molar-refractivity contribution in [2.24, 2.45) is 0 Å². The van der Waals surface area contributed by atoms with E-state index in [1.54, 1.807) is 19.1 Å². The molecule has 4 rings (SSSR count). The van der Waals surface area contributed by atoms with Crippen molar-refractivity contribution < 1.29 is 17.9 Å². The van der Waals surface area contributed by atoms with Crippen molar-refractivity contribution in [3.63, 3.8) is 0 Å². The summed E-state index contributed by atoms with van der Waals surface area (Å²) < 4.78 is 32.8. The number of carbonyl (C=O) groups is 1. The highest BCUT2D eigenvalue weighted by Crippen LogP contribution is 2.26. The molecule has 0 unspecified atom stereocenters. The molecule has 2 aromatic carbocycles. The van der Waals surface area contributed by atoms with Crippen LogP contribution in [0.15, 0.2) is 41.3 Å². The standard InChI is InChI=1S/C23H28N2O4S/c1-16-6-7-21(15-22(16)30(27,28)25-10-12-29-13-11-25)23(26)24-17(2)19-9-8-18-4-3-5-20(18)14-19/h6-9,14-15,17H,3-5,10-13H2,1-2H3,(H,24,26)/t17-/m1/s1. The molecule has 1 saturated heterocycles. The monoisotopic (exact) mass is 428 g/mol. The first kappa shape index (κ1) is 21.0. The largest absolute Gasteiger partial charge is 0.379 e. The number of hydrogen-bond acceptors (Lipinski definition) is 4. The molecule has 1 N–H and O–H groups in total. The molecule has 0 radical (unpaired) electrons. The van der Waals surface area contributed by atoms with Crippen LogP contribution in [0.4, 0.5) is 0 Å². The minimum absolute atomic E-state index is 0.163. The third kappa shape index (κ3) is 4.15. The van der Waals surface area contributed by atoms with E-state index < -0.39 is 10.0 Å². The normalized spacial score (nSPS) is 18.1. The van der Waals surface area contributed by atoms with Gasteiger partial charge in [-0.15, -0.1) is 0 Å². The maximum Gasteiger partial charge on any atom is 0.251 e. The molecule has 7 heteroatoms. The molecule has 0 bridgehead atoms. The number of ether oxygens (including phenoxy) is 1. The number of benzene rings is 2. The summed E-state index contributed by atoms with van der Waals surface area (Å²) in [4.78, 5) is 13.1. The van der Waals surface area contributed by atoms with Crippen LogP contribution in [0.5, 0.6) is 0 Å². The summed E-state index contributed by atoms with van der Waals surface area (Å²) in [5.41, 5.74) is 4.80. The van der Waals surface area contributed by atoms with Crippen molar-refractivity contribution in [3.8, 4) is 0 Å². The van der Waals surface area contributed by atoms with E-state index >= 15 is 0 Å². The number of aryl methyl sites for hydroxylation is 3. The number of nitrogens with zero attached hydrogens (tertiary/aromatic N) is 1. The van der Waals surface area contributed by atoms with E-state index in [0.717, 1.165) is 18.4 Å². The van der Waals surface area contributed by atoms with Crippen LogP contribution in [0.3, 0.4) is 0 Å². The summed E-state index contributed by atoms with van der Waals surface area (Å²) in [6, 6.07) is 11.1. The quantitative estimate of drug-likeness (QED) is 0.794. The van der Waals surface area contributed by atoms with Gasteiger partial charge in [0.2, 0.25) is 10.0 Å². The molecule has 2 aromatic rings. The van der Waals surface area contributed by atoms with E-state index in [4.69, 9.17) is 4.74 Å². The van der Waals surface area contributed by atoms with Crippen LogP contribution in [0.25, 0.3) is 0 Å². The zero-order valence-corrected chi connectivity index (χ0v) is 18.3. The van der Waals surface area contributed by atoms with Gasteiger partial charge in [0.05, 0.1) is 24.2 Å². The van der Waals surface area contributed by atoms with Gasteiger partial charge >= 0.3 is 0 Å². The lowest BCUT2D eigenvalue weighted by atomic mass is 10.0. The van der Waals surface area contributed by atoms with Crippen molar-refractivity contribution in [1.82, 2.24) is 9.62 Å². The Morgan fingerprint density at radius 3 is 2.57 bits per heavy atom. The number of hydrogen-bond donors (Lipinski definition) is 1. The molecule has 160 valence electrons. The Hall–Kier alpha value is -2.22. The van der Waals surface area contributed by atoms with Crippen LogP contribution >= 0.6 is 0 Å². The molecule has 6 nitrogen and oxygen atoms in total. The summed E-state index contributed by atoms with van der Waals surface area (Å²) >= 11 is 0. The number of carbonyl (C=O) groups excluding carboxylic acids is 1. The van der Waals surface area contributed by atoms with E-state index in [1.165, 1.54) is 27.9 Å². The van der Waals surface area contributed by atoms with Crippen LogP contribution in [0.2, 0.25) is 0 Å². The number of nitrogens with one attached hydrogen (secondary N) is 1. The van der Waals surface area contributed by atoms with Gasteiger partial charge in [-0.1, -0.05) is 24.3 Å². The minimum Gasteiger partial charge on any atom is -0.379 e. The molecule has 1 amide bonds. The van der Waals surface area contributed by atoms with Gasteiger partial charge in [-0.2, -0.15) is 4.31 Å². The molecule has 1 fully saturated rings. The number of amides is 1. The third-order valence-electron chi connectivity index (χ3n) is 6.01. The Labute approximate surface area is 178 Å². The van der Waals surface area contributed by atoms with Crippen LogP contribution in [0.1, 0.15) is 52.0 Å². The molecule has 1 heterocycles. The molecule has 1 atom stereocenters. The summed E-state index contributed by atoms with van der Waals surface area (Å²) in [6.45, 7) is 5.13. The molecular weight excluding hydrogens is 400 g/mol. The van der Waals surface area contributed by atoms with Crippen molar-refractivity contribution in [3.05, 3.63) is 64.2 Å². The van der Waals surface area contributed by atoms with E-state index in [-0.39, 0.29) is 16.8 Å². The predicted molar refractivity (Wildman–Crippen MR) is 115 cm³/mol. The average Bonchev–Trinajstić information content (AvgIpc) is 3.22. The van der Waals surface area contributed by atoms with E-state index in [0.29, 0.717) is 37.4 Å². The summed E-state index contributed by atoms with van der Waals surface area (Å²) in [7, 11) is -3.66. The predicted octanol–water partition coefficient (Wildman–Crippen LogP) is 3.00. The number of morpholine rings is 1. The Bertz CT molecular complexity index is 1060. The number of fused-ring (bicyclic) bond motifs is 1. The minimum atomic E-state index is -3.66. The van der Waals surface area contributed by atoms with Crippen LogP contribution < -0.4 is 5.32 Å². The first-order valence-corrected chi connectivity index (χ1v) is 11.9. The first-order valence-electron chi connectivity index (χ1n) is 10.5. The second-order valence-electron chi connectivity index (χ2n) is 8.07. The molecule has 0 spiro atoms. The third-order valence-corrected chi connectivity index (χ3v) is 8.05. The van der Waals surface area contributed by atoms with Crippen LogP contribution in [-0.4, -0.2) is 44.9 Å². The topological polar surface area (TPSA) is 75.7 Å². The van der Waals surface area contributed by atoms with Gasteiger partial charge in [0, 0.05) is 18.7 Å². The molecule has 1 aliphatic carbocycles. The van der Waals surface area contributed by atoms with Gasteiger partial charge in [-0.25, -0.2) is 8.42 Å². The highest BCUT2D eigenvalue weighted by molar-refractivity contribution is 7.89. The van der Waals surface area contributed by atoms with E-state index in [1.807, 2.05) is 6.92 Å². The Morgan fingerprint density at radius 2 is 1.80 bits per heavy atom. The van der Waals surface area contributed by atoms with Crippen molar-refractivity contribution in [2.75, 3.05) is 26.3 Å². The SMILES string of the molecule is Cc1ccc(C(=O)N[C@H](C)c2ccc3c(c2)CCC3)cc1S(=O)(=O)N1CCOCC1. The fraction of sp³-hybridized carbons (Fsp3) is 0.435. The van der Waals surface area contributed by atoms with Gasteiger partial charge in [0.25, 0.3) is 5.91 Å². The Kier molecular flexibility index (Phi) is 5.95. The van der Waals surface area contributed by atoms with E-state index in [2.05, 4.69) is 23.5 Å². The molecule has 0 saturated carbocycles. The lowest BCUT2D eigenvalue weighted by Gasteiger charge is -2.27. The Balaban J connectivity index is 1.54. The fourth-order valence-corrected chi connectivity index (χ4v) is 5.83. The zero-order chi connectivity index (χ0) is 21.3. The molecular formula is C23H28N2O4S. The second-order valence-corrected chi connectivity index (χ2v) is 9.98. The molecule has 0 aromatic heterocycles. The lowest BCUT2D eigenvalue weighted by Crippen LogP contribution is -2.41. The Morgan fingerprint density at radius 1 is 1.07 bits per heavy atom. The van der Waals surface area contributed by atoms with Crippen molar-refractivity contribution >= 4 is 15.9 Å². The molecule has 1 aliphatic heterocycles. The van der Waals surface area contributed by atoms with Crippen LogP contribution in [0, 0.1) is 6.92 Å². The van der Waals surface area contributed by atoms with Crippen LogP contribution in [-0.2, 0) is 27.6 Å². The highest BCUT2D eigenvalue weighted by atomic mass is 32.2. The number of rotatable bonds is 5. The van der Waals surface area contributed by atoms with Gasteiger partial charge in [-0.3, -0.25) is 4.79 Å². The van der Waals surface area contributed by atoms with Crippen molar-refractivity contribution in [2.45, 2.75) is 44.0 Å². The van der Waals surface area contributed by atoms with Gasteiger partial charge < -0.3 is 10.1 Å². The van der Waals surface area contributed by atoms with Gasteiger partial charge in [0.15, 0.2) is 0 Å². The number of sulfonamides is 1. The van der Waals surface area contributed by atoms with E-state index in [9.17, 15) is 13.2 Å². The molecule has 30 heavy (non-hydrogen) atoms. The first-order chi connectivity index (χ1) is 14.4.